The number of aromatic nitrogens is 7. The van der Waals surface area contributed by atoms with Crippen LogP contribution in [0.1, 0.15) is 10.5 Å². The van der Waals surface area contributed by atoms with Crippen LogP contribution >= 0.6 is 11.3 Å². The molecule has 5 aromatic rings. The Morgan fingerprint density at radius 1 is 1.06 bits per heavy atom. The van der Waals surface area contributed by atoms with E-state index in [1.165, 1.54) is 23.9 Å². The molecule has 0 aliphatic rings. The number of anilines is 3. The zero-order chi connectivity index (χ0) is 25.7. The number of halogens is 3. The van der Waals surface area contributed by atoms with Crippen molar-refractivity contribution in [1.82, 2.24) is 35.3 Å². The minimum absolute atomic E-state index is 0.306. The van der Waals surface area contributed by atoms with E-state index in [1.807, 2.05) is 18.2 Å². The largest absolute Gasteiger partial charge is 0.490 e. The Morgan fingerprint density at radius 3 is 2.58 bits per heavy atom. The number of nitrogens with zero attached hydrogens (tertiary/aromatic N) is 5. The number of imidazole rings is 1. The molecule has 5 rings (SSSR count). The summed E-state index contributed by atoms with van der Waals surface area (Å²) >= 11 is 1.36. The van der Waals surface area contributed by atoms with Gasteiger partial charge in [0.25, 0.3) is 5.91 Å². The molecular formula is C20H14F3N9O3S. The van der Waals surface area contributed by atoms with Crippen LogP contribution in [0.3, 0.4) is 0 Å². The minimum Gasteiger partial charge on any atom is -0.475 e. The number of carboxylic acid groups (broad SMARTS) is 1. The van der Waals surface area contributed by atoms with Crippen molar-refractivity contribution in [2.24, 2.45) is 0 Å². The van der Waals surface area contributed by atoms with Crippen LogP contribution in [-0.4, -0.2) is 58.5 Å². The fourth-order valence-corrected chi connectivity index (χ4v) is 3.46. The number of fused-ring (bicyclic) bond motifs is 1. The van der Waals surface area contributed by atoms with Crippen LogP contribution in [0.4, 0.5) is 29.7 Å². The van der Waals surface area contributed by atoms with Gasteiger partial charge in [-0.15, -0.1) is 10.2 Å². The predicted molar refractivity (Wildman–Crippen MR) is 123 cm³/mol. The van der Waals surface area contributed by atoms with Gasteiger partial charge >= 0.3 is 12.1 Å². The maximum absolute atomic E-state index is 12.1. The van der Waals surface area contributed by atoms with Crippen molar-refractivity contribution in [1.29, 1.82) is 0 Å². The van der Waals surface area contributed by atoms with Crippen molar-refractivity contribution in [3.63, 3.8) is 0 Å². The molecule has 1 aromatic carbocycles. The first-order valence-corrected chi connectivity index (χ1v) is 10.6. The van der Waals surface area contributed by atoms with Crippen molar-refractivity contribution in [3.05, 3.63) is 60.9 Å². The van der Waals surface area contributed by atoms with E-state index in [2.05, 4.69) is 46.0 Å². The van der Waals surface area contributed by atoms with Crippen LogP contribution in [0.2, 0.25) is 0 Å². The molecular weight excluding hydrogens is 503 g/mol. The molecule has 0 fully saturated rings. The number of carbonyl (C=O) groups is 2. The first-order valence-electron chi connectivity index (χ1n) is 9.79. The summed E-state index contributed by atoms with van der Waals surface area (Å²) in [6.45, 7) is 0. The molecule has 16 heteroatoms. The summed E-state index contributed by atoms with van der Waals surface area (Å²) in [5.74, 6) is -3.06. The molecule has 0 saturated carbocycles. The van der Waals surface area contributed by atoms with Crippen molar-refractivity contribution in [2.45, 2.75) is 6.18 Å². The highest BCUT2D eigenvalue weighted by Crippen LogP contribution is 2.29. The Balaban J connectivity index is 0.000000384. The average Bonchev–Trinajstić information content (AvgIpc) is 3.61. The van der Waals surface area contributed by atoms with Gasteiger partial charge < -0.3 is 20.7 Å². The molecule has 4 heterocycles. The number of carboxylic acids is 1. The first kappa shape index (κ1) is 24.3. The third-order valence-electron chi connectivity index (χ3n) is 4.33. The van der Waals surface area contributed by atoms with E-state index in [0.717, 1.165) is 16.6 Å². The third-order valence-corrected chi connectivity index (χ3v) is 5.19. The number of carbonyl (C=O) groups excluding carboxylic acids is 1. The van der Waals surface area contributed by atoms with Gasteiger partial charge in [0.15, 0.2) is 5.01 Å². The summed E-state index contributed by atoms with van der Waals surface area (Å²) in [6.07, 6.45) is 1.27. The third kappa shape index (κ3) is 5.98. The number of hydrogen-bond acceptors (Lipinski definition) is 9. The van der Waals surface area contributed by atoms with Gasteiger partial charge in [0.2, 0.25) is 5.13 Å². The Morgan fingerprint density at radius 2 is 1.86 bits per heavy atom. The number of H-pyrrole nitrogens is 2. The standard InChI is InChI=1S/C18H13N9OS.C2HF3O2/c28-16(15-8-19-9-21-15)23-12-3-4-20-14(6-12)17-26-27-18(29-17)24-11-1-2-13-10(5-11)7-22-25-13;3-2(4,5)1(6)7/h1-9H,(H,19,21)(H,22,25)(H,24,27)(H,20,23,28);(H,6,7). The van der Waals surface area contributed by atoms with E-state index in [0.29, 0.717) is 27.2 Å². The molecule has 36 heavy (non-hydrogen) atoms. The normalized spacial score (nSPS) is 11.0. The maximum atomic E-state index is 12.1. The number of hydrogen-bond donors (Lipinski definition) is 5. The average molecular weight is 517 g/mol. The zero-order valence-corrected chi connectivity index (χ0v) is 18.6. The van der Waals surface area contributed by atoms with E-state index in [-0.39, 0.29) is 5.91 Å². The summed E-state index contributed by atoms with van der Waals surface area (Å²) in [5, 5.41) is 30.7. The molecule has 5 N–H and O–H groups in total. The molecule has 4 aromatic heterocycles. The van der Waals surface area contributed by atoms with E-state index < -0.39 is 12.1 Å². The maximum Gasteiger partial charge on any atom is 0.490 e. The van der Waals surface area contributed by atoms with Crippen molar-refractivity contribution >= 4 is 50.6 Å². The molecule has 0 bridgehead atoms. The highest BCUT2D eigenvalue weighted by molar-refractivity contribution is 7.18. The van der Waals surface area contributed by atoms with Crippen LogP contribution in [0, 0.1) is 0 Å². The van der Waals surface area contributed by atoms with E-state index in [4.69, 9.17) is 9.90 Å². The van der Waals surface area contributed by atoms with Crippen molar-refractivity contribution in [3.8, 4) is 10.7 Å². The number of benzene rings is 1. The van der Waals surface area contributed by atoms with Gasteiger partial charge in [0.1, 0.15) is 11.4 Å². The summed E-state index contributed by atoms with van der Waals surface area (Å²) < 4.78 is 31.7. The van der Waals surface area contributed by atoms with Crippen LogP contribution in [-0.2, 0) is 4.79 Å². The monoisotopic (exact) mass is 517 g/mol. The molecule has 0 saturated heterocycles. The molecule has 1 amide bonds. The Kier molecular flexibility index (Phi) is 6.86. The van der Waals surface area contributed by atoms with Gasteiger partial charge in [-0.25, -0.2) is 9.78 Å². The Labute approximate surface area is 202 Å². The summed E-state index contributed by atoms with van der Waals surface area (Å²) in [7, 11) is 0. The van der Waals surface area contributed by atoms with Gasteiger partial charge in [0, 0.05) is 29.2 Å². The minimum atomic E-state index is -5.08. The molecule has 12 nitrogen and oxygen atoms in total. The van der Waals surface area contributed by atoms with Crippen molar-refractivity contribution < 1.29 is 27.9 Å². The number of nitrogens with one attached hydrogen (secondary N) is 4. The fraction of sp³-hybridized carbons (Fsp3) is 0.0500. The van der Waals surface area contributed by atoms with Crippen molar-refractivity contribution in [2.75, 3.05) is 10.6 Å². The molecule has 184 valence electrons. The van der Waals surface area contributed by atoms with Gasteiger partial charge in [-0.3, -0.25) is 14.9 Å². The Bertz CT molecular complexity index is 1500. The quantitative estimate of drug-likeness (QED) is 0.232. The lowest BCUT2D eigenvalue weighted by Gasteiger charge is -2.04. The second-order valence-electron chi connectivity index (χ2n) is 6.85. The fourth-order valence-electron chi connectivity index (χ4n) is 2.73. The van der Waals surface area contributed by atoms with E-state index >= 15 is 0 Å². The SMILES string of the molecule is O=C(Nc1ccnc(-c2nnc(Nc3ccc4[nH]ncc4c3)s2)c1)c1c[nH]cn1.O=C(O)C(F)(F)F. The number of rotatable bonds is 5. The van der Waals surface area contributed by atoms with Crippen LogP contribution in [0.25, 0.3) is 21.6 Å². The van der Waals surface area contributed by atoms with Gasteiger partial charge in [0.05, 0.1) is 18.0 Å². The highest BCUT2D eigenvalue weighted by atomic mass is 32.1. The van der Waals surface area contributed by atoms with E-state index in [1.54, 1.807) is 24.5 Å². The topological polar surface area (TPSA) is 174 Å². The van der Waals surface area contributed by atoms with Crippen LogP contribution in [0.15, 0.2) is 55.2 Å². The number of aromatic amines is 2. The number of amides is 1. The summed E-state index contributed by atoms with van der Waals surface area (Å²) in [6, 6.07) is 9.30. The molecule has 0 spiro atoms. The van der Waals surface area contributed by atoms with Crippen LogP contribution < -0.4 is 10.6 Å². The molecule has 0 radical (unpaired) electrons. The van der Waals surface area contributed by atoms with Crippen LogP contribution in [0.5, 0.6) is 0 Å². The summed E-state index contributed by atoms with van der Waals surface area (Å²) in [4.78, 5) is 32.1. The predicted octanol–water partition coefficient (Wildman–Crippen LogP) is 3.83. The number of pyridine rings is 1. The van der Waals surface area contributed by atoms with Gasteiger partial charge in [-0.1, -0.05) is 11.3 Å². The molecule has 0 atom stereocenters. The smallest absolute Gasteiger partial charge is 0.475 e. The lowest BCUT2D eigenvalue weighted by atomic mass is 10.2. The lowest BCUT2D eigenvalue weighted by molar-refractivity contribution is -0.192. The number of aliphatic carboxylic acids is 1. The second-order valence-corrected chi connectivity index (χ2v) is 7.83. The summed E-state index contributed by atoms with van der Waals surface area (Å²) in [5.41, 5.74) is 3.36. The lowest BCUT2D eigenvalue weighted by Crippen LogP contribution is -2.21. The van der Waals surface area contributed by atoms with Gasteiger partial charge in [-0.2, -0.15) is 18.3 Å². The zero-order valence-electron chi connectivity index (χ0n) is 17.7. The van der Waals surface area contributed by atoms with Gasteiger partial charge in [-0.05, 0) is 30.3 Å². The molecule has 0 aliphatic heterocycles. The molecule has 0 aliphatic carbocycles. The second kappa shape index (κ2) is 10.2. The molecule has 0 unspecified atom stereocenters. The van der Waals surface area contributed by atoms with E-state index in [9.17, 15) is 18.0 Å². The highest BCUT2D eigenvalue weighted by Gasteiger charge is 2.38. The Hall–Kier alpha value is -4.86. The number of alkyl halides is 3. The first-order chi connectivity index (χ1) is 17.2.